The number of rotatable bonds is 4. The van der Waals surface area contributed by atoms with Gasteiger partial charge in [-0.05, 0) is 36.4 Å². The fourth-order valence-corrected chi connectivity index (χ4v) is 3.35. The van der Waals surface area contributed by atoms with Gasteiger partial charge in [0.25, 0.3) is 5.91 Å². The maximum Gasteiger partial charge on any atom is 0.278 e. The lowest BCUT2D eigenvalue weighted by molar-refractivity contribution is 0.0980. The summed E-state index contributed by atoms with van der Waals surface area (Å²) in [7, 11) is 0. The summed E-state index contributed by atoms with van der Waals surface area (Å²) in [6, 6.07) is 22.9. The van der Waals surface area contributed by atoms with Crippen LogP contribution < -0.4 is 4.90 Å². The van der Waals surface area contributed by atoms with Crippen LogP contribution in [0.3, 0.4) is 0 Å². The molecule has 5 rings (SSSR count). The molecule has 0 saturated carbocycles. The number of fused-ring (bicyclic) bond motifs is 2. The molecule has 0 bridgehead atoms. The van der Waals surface area contributed by atoms with Crippen molar-refractivity contribution in [1.82, 2.24) is 19.4 Å². The summed E-state index contributed by atoms with van der Waals surface area (Å²) in [6.45, 7) is 0.364. The molecule has 5 aromatic rings. The molecule has 0 spiro atoms. The maximum absolute atomic E-state index is 13.4. The number of aromatic nitrogens is 4. The zero-order valence-corrected chi connectivity index (χ0v) is 15.5. The molecule has 29 heavy (non-hydrogen) atoms. The Morgan fingerprint density at radius 1 is 0.828 bits per heavy atom. The minimum atomic E-state index is -0.208. The van der Waals surface area contributed by atoms with Crippen molar-refractivity contribution >= 4 is 28.3 Å². The predicted octanol–water partition coefficient (Wildman–Crippen LogP) is 4.12. The van der Waals surface area contributed by atoms with Crippen LogP contribution in [0.5, 0.6) is 0 Å². The van der Waals surface area contributed by atoms with Gasteiger partial charge in [-0.2, -0.15) is 0 Å². The molecule has 0 N–H and O–H groups in total. The molecule has 0 radical (unpaired) electrons. The maximum atomic E-state index is 13.4. The van der Waals surface area contributed by atoms with Gasteiger partial charge in [-0.15, -0.1) is 0 Å². The highest BCUT2D eigenvalue weighted by Crippen LogP contribution is 2.21. The van der Waals surface area contributed by atoms with Crippen molar-refractivity contribution in [3.63, 3.8) is 0 Å². The van der Waals surface area contributed by atoms with E-state index < -0.39 is 0 Å². The lowest BCUT2D eigenvalue weighted by Crippen LogP contribution is -2.31. The molecular formula is C23H17N5O. The SMILES string of the molecule is O=C(c1cnc2ccccc2n1)N(Cc1cnc2ccccn12)c1ccccc1. The predicted molar refractivity (Wildman–Crippen MR) is 112 cm³/mol. The number of amides is 1. The summed E-state index contributed by atoms with van der Waals surface area (Å²) < 4.78 is 1.98. The molecule has 0 unspecified atom stereocenters. The first-order valence-electron chi connectivity index (χ1n) is 9.29. The number of anilines is 1. The van der Waals surface area contributed by atoms with Crippen molar-refractivity contribution in [3.05, 3.63) is 103 Å². The average molecular weight is 379 g/mol. The van der Waals surface area contributed by atoms with Gasteiger partial charge in [0.1, 0.15) is 11.3 Å². The van der Waals surface area contributed by atoms with Crippen molar-refractivity contribution < 1.29 is 4.79 Å². The number of para-hydroxylation sites is 3. The van der Waals surface area contributed by atoms with Crippen LogP contribution in [0.1, 0.15) is 16.2 Å². The molecule has 0 atom stereocenters. The fraction of sp³-hybridized carbons (Fsp3) is 0.0435. The van der Waals surface area contributed by atoms with Crippen molar-refractivity contribution in [2.24, 2.45) is 0 Å². The van der Waals surface area contributed by atoms with Crippen LogP contribution in [-0.4, -0.2) is 25.3 Å². The lowest BCUT2D eigenvalue weighted by Gasteiger charge is -2.22. The first kappa shape index (κ1) is 17.1. The molecule has 0 aliphatic carbocycles. The summed E-state index contributed by atoms with van der Waals surface area (Å²) >= 11 is 0. The number of carbonyl (C=O) groups is 1. The fourth-order valence-electron chi connectivity index (χ4n) is 3.35. The number of hydrogen-bond acceptors (Lipinski definition) is 4. The molecule has 0 saturated heterocycles. The Kier molecular flexibility index (Phi) is 4.22. The number of carbonyl (C=O) groups excluding carboxylic acids is 1. The Bertz CT molecular complexity index is 1310. The molecule has 6 heteroatoms. The highest BCUT2D eigenvalue weighted by Gasteiger charge is 2.21. The third-order valence-electron chi connectivity index (χ3n) is 4.79. The molecule has 3 heterocycles. The van der Waals surface area contributed by atoms with Crippen molar-refractivity contribution in [2.45, 2.75) is 6.54 Å². The second kappa shape index (κ2) is 7.16. The van der Waals surface area contributed by atoms with Crippen LogP contribution in [0.25, 0.3) is 16.7 Å². The number of pyridine rings is 1. The summed E-state index contributed by atoms with van der Waals surface area (Å²) in [5.41, 5.74) is 4.30. The third-order valence-corrected chi connectivity index (χ3v) is 4.79. The second-order valence-corrected chi connectivity index (χ2v) is 6.65. The van der Waals surface area contributed by atoms with Gasteiger partial charge in [-0.1, -0.05) is 36.4 Å². The Hall–Kier alpha value is -4.06. The zero-order chi connectivity index (χ0) is 19.6. The number of benzene rings is 2. The summed E-state index contributed by atoms with van der Waals surface area (Å²) in [6.07, 6.45) is 5.28. The van der Waals surface area contributed by atoms with Gasteiger partial charge in [0.15, 0.2) is 0 Å². The molecule has 140 valence electrons. The quantitative estimate of drug-likeness (QED) is 0.471. The summed E-state index contributed by atoms with van der Waals surface area (Å²) in [4.78, 5) is 28.5. The molecule has 0 aliphatic heterocycles. The first-order chi connectivity index (χ1) is 14.3. The van der Waals surface area contributed by atoms with Crippen LogP contribution in [0.2, 0.25) is 0 Å². The van der Waals surface area contributed by atoms with Crippen LogP contribution in [0.4, 0.5) is 5.69 Å². The number of imidazole rings is 1. The zero-order valence-electron chi connectivity index (χ0n) is 15.5. The van der Waals surface area contributed by atoms with E-state index in [-0.39, 0.29) is 5.91 Å². The summed E-state index contributed by atoms with van der Waals surface area (Å²) in [5, 5.41) is 0. The normalized spacial score (nSPS) is 11.0. The summed E-state index contributed by atoms with van der Waals surface area (Å²) in [5.74, 6) is -0.208. The molecular weight excluding hydrogens is 362 g/mol. The van der Waals surface area contributed by atoms with Gasteiger partial charge in [0.2, 0.25) is 0 Å². The van der Waals surface area contributed by atoms with E-state index in [1.54, 1.807) is 11.1 Å². The van der Waals surface area contributed by atoms with E-state index in [9.17, 15) is 4.79 Å². The van der Waals surface area contributed by atoms with Gasteiger partial charge in [-0.3, -0.25) is 9.78 Å². The van der Waals surface area contributed by atoms with Crippen LogP contribution in [0, 0.1) is 0 Å². The minimum absolute atomic E-state index is 0.208. The van der Waals surface area contributed by atoms with E-state index in [0.717, 1.165) is 22.5 Å². The number of nitrogens with zero attached hydrogens (tertiary/aromatic N) is 5. The molecule has 0 fully saturated rings. The van der Waals surface area contributed by atoms with Crippen molar-refractivity contribution in [2.75, 3.05) is 4.90 Å². The molecule has 6 nitrogen and oxygen atoms in total. The van der Waals surface area contributed by atoms with Crippen LogP contribution in [-0.2, 0) is 6.54 Å². The van der Waals surface area contributed by atoms with Gasteiger partial charge < -0.3 is 9.30 Å². The van der Waals surface area contributed by atoms with Gasteiger partial charge in [0, 0.05) is 11.9 Å². The van der Waals surface area contributed by atoms with Crippen molar-refractivity contribution in [1.29, 1.82) is 0 Å². The third kappa shape index (κ3) is 3.21. The number of hydrogen-bond donors (Lipinski definition) is 0. The molecule has 0 aliphatic rings. The Morgan fingerprint density at radius 2 is 1.59 bits per heavy atom. The highest BCUT2D eigenvalue weighted by atomic mass is 16.2. The van der Waals surface area contributed by atoms with E-state index in [4.69, 9.17) is 0 Å². The average Bonchev–Trinajstić information content (AvgIpc) is 3.20. The largest absolute Gasteiger partial charge is 0.302 e. The standard InChI is InChI=1S/C23H17N5O/c29-23(21-15-24-19-10-4-5-11-20(19)26-21)28(17-8-2-1-3-9-17)16-18-14-25-22-12-6-7-13-27(18)22/h1-15H,16H2. The molecule has 2 aromatic carbocycles. The molecule has 3 aromatic heterocycles. The second-order valence-electron chi connectivity index (χ2n) is 6.65. The first-order valence-corrected chi connectivity index (χ1v) is 9.29. The Labute approximate surface area is 167 Å². The van der Waals surface area contributed by atoms with E-state index >= 15 is 0 Å². The molecule has 1 amide bonds. The van der Waals surface area contributed by atoms with E-state index in [1.807, 2.05) is 83.4 Å². The smallest absolute Gasteiger partial charge is 0.278 e. The monoisotopic (exact) mass is 379 g/mol. The van der Waals surface area contributed by atoms with Crippen LogP contribution in [0.15, 0.2) is 91.4 Å². The van der Waals surface area contributed by atoms with E-state index in [0.29, 0.717) is 17.8 Å². The lowest BCUT2D eigenvalue weighted by atomic mass is 10.2. The van der Waals surface area contributed by atoms with Gasteiger partial charge in [0.05, 0.1) is 35.7 Å². The minimum Gasteiger partial charge on any atom is -0.302 e. The Balaban J connectivity index is 1.57. The Morgan fingerprint density at radius 3 is 2.45 bits per heavy atom. The van der Waals surface area contributed by atoms with E-state index in [2.05, 4.69) is 15.0 Å². The topological polar surface area (TPSA) is 63.4 Å². The van der Waals surface area contributed by atoms with Crippen LogP contribution >= 0.6 is 0 Å². The van der Waals surface area contributed by atoms with Crippen molar-refractivity contribution in [3.8, 4) is 0 Å². The van der Waals surface area contributed by atoms with Gasteiger partial charge in [-0.25, -0.2) is 9.97 Å². The van der Waals surface area contributed by atoms with E-state index in [1.165, 1.54) is 6.20 Å². The van der Waals surface area contributed by atoms with Gasteiger partial charge >= 0.3 is 0 Å². The highest BCUT2D eigenvalue weighted by molar-refractivity contribution is 6.05.